The van der Waals surface area contributed by atoms with Crippen LogP contribution in [0.5, 0.6) is 0 Å². The van der Waals surface area contributed by atoms with Crippen molar-refractivity contribution in [3.63, 3.8) is 0 Å². The average molecular weight is 218 g/mol. The quantitative estimate of drug-likeness (QED) is 0.295. The molecular formula is C8H15AlO5-. The van der Waals surface area contributed by atoms with Gasteiger partial charge in [0.2, 0.25) is 0 Å². The highest BCUT2D eigenvalue weighted by Crippen LogP contribution is 2.08. The maximum atomic E-state index is 11.1. The fourth-order valence-electron chi connectivity index (χ4n) is 0.722. The van der Waals surface area contributed by atoms with Gasteiger partial charge in [0.15, 0.2) is 0 Å². The van der Waals surface area contributed by atoms with E-state index in [4.69, 9.17) is 11.4 Å². The van der Waals surface area contributed by atoms with Gasteiger partial charge >= 0.3 is 21.1 Å². The first-order chi connectivity index (χ1) is 6.56. The summed E-state index contributed by atoms with van der Waals surface area (Å²) in [7, 11) is 4.32. The topological polar surface area (TPSA) is 54.0 Å². The van der Waals surface area contributed by atoms with Crippen LogP contribution in [0.4, 0.5) is 0 Å². The van der Waals surface area contributed by atoms with Gasteiger partial charge in [-0.25, -0.2) is 4.79 Å². The van der Waals surface area contributed by atoms with Crippen LogP contribution >= 0.6 is 0 Å². The van der Waals surface area contributed by atoms with Crippen molar-refractivity contribution in [2.75, 3.05) is 21.3 Å². The molecule has 0 fully saturated rings. The van der Waals surface area contributed by atoms with E-state index in [2.05, 4.69) is 4.74 Å². The van der Waals surface area contributed by atoms with Crippen molar-refractivity contribution in [2.45, 2.75) is 13.8 Å². The Morgan fingerprint density at radius 2 is 1.57 bits per heavy atom. The Morgan fingerprint density at radius 3 is 1.93 bits per heavy atom. The Hall–Kier alpha value is -0.538. The molecule has 0 N–H and O–H groups in total. The SMILES string of the molecule is COC(=O)C(C)=C(C)[O][Al-]([O]C)[O]C. The second kappa shape index (κ2) is 6.85. The number of hydrogen-bond donors (Lipinski definition) is 0. The third-order valence-corrected chi connectivity index (χ3v) is 2.99. The highest BCUT2D eigenvalue weighted by molar-refractivity contribution is 6.36. The predicted molar refractivity (Wildman–Crippen MR) is 51.2 cm³/mol. The molecule has 0 aliphatic heterocycles. The Balaban J connectivity index is 4.42. The molecule has 0 saturated heterocycles. The molecule has 0 aromatic rings. The largest absolute Gasteiger partial charge is 0.777 e. The van der Waals surface area contributed by atoms with Crippen molar-refractivity contribution >= 4 is 21.1 Å². The summed E-state index contributed by atoms with van der Waals surface area (Å²) < 4.78 is 19.7. The van der Waals surface area contributed by atoms with Gasteiger partial charge < -0.3 is 16.1 Å². The van der Waals surface area contributed by atoms with Crippen LogP contribution in [-0.2, 0) is 20.9 Å². The van der Waals surface area contributed by atoms with E-state index in [9.17, 15) is 4.79 Å². The fourth-order valence-corrected chi connectivity index (χ4v) is 1.57. The van der Waals surface area contributed by atoms with Crippen molar-refractivity contribution in [3.8, 4) is 0 Å². The van der Waals surface area contributed by atoms with E-state index in [1.54, 1.807) is 13.8 Å². The maximum Gasteiger partial charge on any atom is 0.652 e. The standard InChI is InChI=1S/C6H10O3.2CH3O.Al/c1-4(5(2)7)6(8)9-3;2*1-2;/h7H,1-3H3;2*1H3;/q;2*-1;+2/p-1. The minimum Gasteiger partial charge on any atom is -0.777 e. The van der Waals surface area contributed by atoms with Crippen LogP contribution in [0.15, 0.2) is 11.3 Å². The number of ether oxygens (including phenoxy) is 1. The Morgan fingerprint density at radius 1 is 1.07 bits per heavy atom. The van der Waals surface area contributed by atoms with E-state index >= 15 is 0 Å². The number of methoxy groups -OCH3 is 1. The molecule has 14 heavy (non-hydrogen) atoms. The van der Waals surface area contributed by atoms with Crippen LogP contribution in [0.3, 0.4) is 0 Å². The monoisotopic (exact) mass is 218 g/mol. The van der Waals surface area contributed by atoms with Crippen LogP contribution in [0, 0.1) is 0 Å². The van der Waals surface area contributed by atoms with Gasteiger partial charge in [-0.1, -0.05) is 0 Å². The second-order valence-corrected chi connectivity index (χ2v) is 4.31. The molecule has 0 atom stereocenters. The third kappa shape index (κ3) is 4.11. The Kier molecular flexibility index (Phi) is 6.59. The summed E-state index contributed by atoms with van der Waals surface area (Å²) in [4.78, 5) is 11.1. The van der Waals surface area contributed by atoms with Gasteiger partial charge in [-0.2, -0.15) is 0 Å². The van der Waals surface area contributed by atoms with Crippen molar-refractivity contribution in [2.24, 2.45) is 0 Å². The Bertz CT molecular complexity index is 222. The van der Waals surface area contributed by atoms with Gasteiger partial charge in [-0.3, -0.25) is 0 Å². The molecule has 5 nitrogen and oxygen atoms in total. The molecule has 81 valence electrons. The molecule has 0 rings (SSSR count). The molecular weight excluding hydrogens is 203 g/mol. The molecule has 0 aliphatic carbocycles. The van der Waals surface area contributed by atoms with E-state index in [0.717, 1.165) is 0 Å². The lowest BCUT2D eigenvalue weighted by molar-refractivity contribution is -0.136. The van der Waals surface area contributed by atoms with Crippen molar-refractivity contribution in [1.82, 2.24) is 0 Å². The molecule has 0 aromatic carbocycles. The number of esters is 1. The molecule has 0 amide bonds. The smallest absolute Gasteiger partial charge is 0.652 e. The summed E-state index contributed by atoms with van der Waals surface area (Å²) in [5, 5.41) is 0. The number of allylic oxidation sites excluding steroid dienone is 1. The van der Waals surface area contributed by atoms with Crippen LogP contribution in [0.1, 0.15) is 13.8 Å². The molecule has 1 radical (unpaired) electrons. The fraction of sp³-hybridized carbons (Fsp3) is 0.625. The zero-order valence-electron chi connectivity index (χ0n) is 9.12. The van der Waals surface area contributed by atoms with E-state index in [0.29, 0.717) is 11.3 Å². The van der Waals surface area contributed by atoms with E-state index in [1.165, 1.54) is 21.3 Å². The zero-order chi connectivity index (χ0) is 11.1. The summed E-state index contributed by atoms with van der Waals surface area (Å²) in [6.07, 6.45) is 0. The van der Waals surface area contributed by atoms with Gasteiger partial charge in [-0.15, -0.1) is 0 Å². The second-order valence-electron chi connectivity index (χ2n) is 2.55. The van der Waals surface area contributed by atoms with Gasteiger partial charge in [0.1, 0.15) is 0 Å². The molecule has 0 bridgehead atoms. The molecule has 0 heterocycles. The number of carbonyl (C=O) groups is 1. The highest BCUT2D eigenvalue weighted by atomic mass is 27.3. The van der Waals surface area contributed by atoms with Crippen molar-refractivity contribution in [1.29, 1.82) is 0 Å². The predicted octanol–water partition coefficient (Wildman–Crippen LogP) is 0.748. The maximum absolute atomic E-state index is 11.1. The van der Waals surface area contributed by atoms with Crippen LogP contribution in [-0.4, -0.2) is 42.4 Å². The lowest BCUT2D eigenvalue weighted by atomic mass is 10.3. The number of hydrogen-bond acceptors (Lipinski definition) is 5. The summed E-state index contributed by atoms with van der Waals surface area (Å²) >= 11 is -2.12. The average Bonchev–Trinajstić information content (AvgIpc) is 2.23. The van der Waals surface area contributed by atoms with E-state index < -0.39 is 21.1 Å². The molecule has 0 unspecified atom stereocenters. The summed E-state index contributed by atoms with van der Waals surface area (Å²) in [5.74, 6) is 0.0553. The molecule has 0 aliphatic rings. The normalized spacial score (nSPS) is 12.4. The first-order valence-electron chi connectivity index (χ1n) is 4.04. The lowest BCUT2D eigenvalue weighted by Crippen LogP contribution is -2.24. The van der Waals surface area contributed by atoms with Gasteiger partial charge in [0, 0.05) is 5.76 Å². The molecule has 0 aromatic heterocycles. The van der Waals surface area contributed by atoms with Crippen LogP contribution in [0.2, 0.25) is 0 Å². The first kappa shape index (κ1) is 13.5. The number of carbonyl (C=O) groups excluding carboxylic acids is 1. The number of rotatable bonds is 5. The van der Waals surface area contributed by atoms with Crippen molar-refractivity contribution in [3.05, 3.63) is 11.3 Å². The molecule has 0 saturated carbocycles. The third-order valence-electron chi connectivity index (χ3n) is 1.68. The zero-order valence-corrected chi connectivity index (χ0v) is 10.3. The summed E-state index contributed by atoms with van der Waals surface area (Å²) in [6, 6.07) is 0. The van der Waals surface area contributed by atoms with Crippen molar-refractivity contribution < 1.29 is 20.9 Å². The molecule has 0 spiro atoms. The molecule has 6 heteroatoms. The Labute approximate surface area is 89.0 Å². The van der Waals surface area contributed by atoms with Crippen LogP contribution in [0.25, 0.3) is 0 Å². The van der Waals surface area contributed by atoms with Gasteiger partial charge in [0.25, 0.3) is 0 Å². The highest BCUT2D eigenvalue weighted by Gasteiger charge is 2.12. The van der Waals surface area contributed by atoms with E-state index in [1.807, 2.05) is 0 Å². The minimum atomic E-state index is -2.12. The lowest BCUT2D eigenvalue weighted by Gasteiger charge is -2.26. The summed E-state index contributed by atoms with van der Waals surface area (Å²) in [5.41, 5.74) is 0.416. The summed E-state index contributed by atoms with van der Waals surface area (Å²) in [6.45, 7) is 3.29. The first-order valence-corrected chi connectivity index (χ1v) is 5.46. The van der Waals surface area contributed by atoms with E-state index in [-0.39, 0.29) is 0 Å². The van der Waals surface area contributed by atoms with Crippen LogP contribution < -0.4 is 0 Å². The minimum absolute atomic E-state index is 0.414. The van der Waals surface area contributed by atoms with Gasteiger partial charge in [-0.05, 0) is 28.1 Å². The van der Waals surface area contributed by atoms with Gasteiger partial charge in [0.05, 0.1) is 12.7 Å².